The van der Waals surface area contributed by atoms with Crippen molar-refractivity contribution in [3.8, 4) is 0 Å². The highest BCUT2D eigenvalue weighted by Gasteiger charge is 2.31. The van der Waals surface area contributed by atoms with Crippen LogP contribution < -0.4 is 4.90 Å². The largest absolute Gasteiger partial charge is 0.360 e. The number of carbonyl (C=O) groups is 1. The summed E-state index contributed by atoms with van der Waals surface area (Å²) < 4.78 is 27.3. The fraction of sp³-hybridized carbons (Fsp3) is 0.632. The second kappa shape index (κ2) is 9.53. The summed E-state index contributed by atoms with van der Waals surface area (Å²) in [6.07, 6.45) is 1.74. The van der Waals surface area contributed by atoms with Gasteiger partial charge in [-0.3, -0.25) is 14.9 Å². The zero-order chi connectivity index (χ0) is 21.8. The summed E-state index contributed by atoms with van der Waals surface area (Å²) in [6, 6.07) is 3.89. The summed E-state index contributed by atoms with van der Waals surface area (Å²) in [5, 5.41) is 11.6. The van der Waals surface area contributed by atoms with E-state index in [1.807, 2.05) is 20.8 Å². The molecule has 1 aromatic rings. The molecule has 1 aliphatic rings. The molecule has 1 heterocycles. The number of likely N-dealkylation sites (N-methyl/N-ethyl adjacent to an activating group) is 2. The number of nitro benzene ring substituents is 1. The van der Waals surface area contributed by atoms with Gasteiger partial charge in [0.25, 0.3) is 5.69 Å². The van der Waals surface area contributed by atoms with Crippen molar-refractivity contribution in [2.75, 3.05) is 44.7 Å². The molecule has 0 aromatic heterocycles. The third-order valence-electron chi connectivity index (χ3n) is 5.30. The van der Waals surface area contributed by atoms with Crippen LogP contribution in [0.1, 0.15) is 33.6 Å². The number of hydrogen-bond acceptors (Lipinski definition) is 6. The van der Waals surface area contributed by atoms with Gasteiger partial charge in [0.05, 0.1) is 16.4 Å². The minimum absolute atomic E-state index is 0.0295. The molecule has 162 valence electrons. The van der Waals surface area contributed by atoms with E-state index in [9.17, 15) is 23.3 Å². The van der Waals surface area contributed by atoms with E-state index in [2.05, 4.69) is 0 Å². The van der Waals surface area contributed by atoms with Gasteiger partial charge in [0, 0.05) is 39.3 Å². The summed E-state index contributed by atoms with van der Waals surface area (Å²) >= 11 is 0. The first-order chi connectivity index (χ1) is 13.6. The molecule has 2 rings (SSSR count). The second-order valence-electron chi connectivity index (χ2n) is 7.44. The molecule has 9 nitrogen and oxygen atoms in total. The third kappa shape index (κ3) is 5.24. The molecule has 1 aromatic carbocycles. The Bertz CT molecular complexity index is 854. The number of amides is 1. The van der Waals surface area contributed by atoms with Crippen LogP contribution in [-0.4, -0.2) is 68.2 Å². The molecule has 1 fully saturated rings. The van der Waals surface area contributed by atoms with E-state index in [0.29, 0.717) is 26.2 Å². The van der Waals surface area contributed by atoms with Crippen molar-refractivity contribution in [3.63, 3.8) is 0 Å². The number of hydrogen-bond donors (Lipinski definition) is 0. The number of sulfonamides is 1. The summed E-state index contributed by atoms with van der Waals surface area (Å²) in [6.45, 7) is 7.63. The van der Waals surface area contributed by atoms with Crippen LogP contribution in [0.3, 0.4) is 0 Å². The lowest BCUT2D eigenvalue weighted by atomic mass is 10.0. The summed E-state index contributed by atoms with van der Waals surface area (Å²) in [4.78, 5) is 26.4. The molecular weight excluding hydrogens is 396 g/mol. The Hall–Kier alpha value is -2.20. The Morgan fingerprint density at radius 1 is 1.31 bits per heavy atom. The number of benzene rings is 1. The Morgan fingerprint density at radius 3 is 2.52 bits per heavy atom. The Balaban J connectivity index is 2.33. The zero-order valence-electron chi connectivity index (χ0n) is 17.5. The average molecular weight is 427 g/mol. The maximum atomic E-state index is 13.0. The fourth-order valence-electron chi connectivity index (χ4n) is 3.61. The van der Waals surface area contributed by atoms with Gasteiger partial charge in [-0.05, 0) is 44.7 Å². The molecule has 1 atom stereocenters. The number of nitro groups is 1. The van der Waals surface area contributed by atoms with Crippen molar-refractivity contribution < 1.29 is 18.1 Å². The van der Waals surface area contributed by atoms with Gasteiger partial charge < -0.3 is 9.80 Å². The van der Waals surface area contributed by atoms with Gasteiger partial charge in [0.1, 0.15) is 5.69 Å². The van der Waals surface area contributed by atoms with Crippen molar-refractivity contribution in [1.29, 1.82) is 0 Å². The Kier molecular flexibility index (Phi) is 7.59. The average Bonchev–Trinajstić information content (AvgIpc) is 2.68. The monoisotopic (exact) mass is 426 g/mol. The molecule has 0 spiro atoms. The van der Waals surface area contributed by atoms with E-state index < -0.39 is 14.9 Å². The molecule has 0 aliphatic carbocycles. The topological polar surface area (TPSA) is 104 Å². The smallest absolute Gasteiger partial charge is 0.293 e. The van der Waals surface area contributed by atoms with E-state index >= 15 is 0 Å². The fourth-order valence-corrected chi connectivity index (χ4v) is 5.23. The predicted octanol–water partition coefficient (Wildman–Crippen LogP) is 2.32. The predicted molar refractivity (Wildman–Crippen MR) is 111 cm³/mol. The van der Waals surface area contributed by atoms with E-state index in [4.69, 9.17) is 0 Å². The molecule has 10 heteroatoms. The summed E-state index contributed by atoms with van der Waals surface area (Å²) in [5.41, 5.74) is -0.118. The van der Waals surface area contributed by atoms with Crippen LogP contribution in [0.15, 0.2) is 23.1 Å². The maximum absolute atomic E-state index is 13.0. The zero-order valence-corrected chi connectivity index (χ0v) is 18.3. The maximum Gasteiger partial charge on any atom is 0.293 e. The first kappa shape index (κ1) is 23.1. The molecule has 1 saturated heterocycles. The first-order valence-corrected chi connectivity index (χ1v) is 11.3. The number of carbonyl (C=O) groups excluding carboxylic acids is 1. The highest BCUT2D eigenvalue weighted by molar-refractivity contribution is 7.89. The van der Waals surface area contributed by atoms with Crippen LogP contribution in [0, 0.1) is 16.0 Å². The van der Waals surface area contributed by atoms with E-state index in [1.165, 1.54) is 21.3 Å². The first-order valence-electron chi connectivity index (χ1n) is 9.89. The summed E-state index contributed by atoms with van der Waals surface area (Å²) in [5.74, 6) is 0.107. The molecular formula is C19H30N4O5S. The number of anilines is 1. The molecule has 1 amide bonds. The van der Waals surface area contributed by atoms with Crippen LogP contribution in [0.4, 0.5) is 11.4 Å². The second-order valence-corrected chi connectivity index (χ2v) is 9.38. The highest BCUT2D eigenvalue weighted by atomic mass is 32.2. The van der Waals surface area contributed by atoms with Crippen molar-refractivity contribution in [2.45, 2.75) is 38.5 Å². The molecule has 1 aliphatic heterocycles. The van der Waals surface area contributed by atoms with Crippen LogP contribution in [0.25, 0.3) is 0 Å². The molecule has 0 bridgehead atoms. The lowest BCUT2D eigenvalue weighted by Gasteiger charge is -2.30. The molecule has 0 saturated carbocycles. The quantitative estimate of drug-likeness (QED) is 0.467. The van der Waals surface area contributed by atoms with Crippen molar-refractivity contribution >= 4 is 27.3 Å². The number of piperidine rings is 1. The van der Waals surface area contributed by atoms with Gasteiger partial charge in [-0.25, -0.2) is 8.42 Å². The Labute approximate surface area is 172 Å². The van der Waals surface area contributed by atoms with Gasteiger partial charge in [-0.1, -0.05) is 6.92 Å². The van der Waals surface area contributed by atoms with Gasteiger partial charge in [0.15, 0.2) is 0 Å². The molecule has 1 unspecified atom stereocenters. The summed E-state index contributed by atoms with van der Waals surface area (Å²) in [7, 11) is -2.22. The normalized spacial score (nSPS) is 17.7. The van der Waals surface area contributed by atoms with Gasteiger partial charge in [-0.15, -0.1) is 0 Å². The van der Waals surface area contributed by atoms with Crippen molar-refractivity contribution in [2.24, 2.45) is 5.92 Å². The van der Waals surface area contributed by atoms with Crippen LogP contribution in [0.2, 0.25) is 0 Å². The number of rotatable bonds is 8. The van der Waals surface area contributed by atoms with Crippen LogP contribution >= 0.6 is 0 Å². The molecule has 0 N–H and O–H groups in total. The van der Waals surface area contributed by atoms with Gasteiger partial charge in [0.2, 0.25) is 15.9 Å². The minimum atomic E-state index is -3.80. The third-order valence-corrected chi connectivity index (χ3v) is 7.16. The van der Waals surface area contributed by atoms with E-state index in [1.54, 1.807) is 11.9 Å². The lowest BCUT2D eigenvalue weighted by Crippen LogP contribution is -2.39. The standard InChI is InChI=1S/C19H30N4O5S/c1-5-21(6-2)19(24)14-20(4)17-10-9-16(12-18(17)23(25)26)29(27,28)22-11-7-8-15(3)13-22/h9-10,12,15H,5-8,11,13-14H2,1-4H3. The molecule has 29 heavy (non-hydrogen) atoms. The molecule has 0 radical (unpaired) electrons. The highest BCUT2D eigenvalue weighted by Crippen LogP contribution is 2.32. The van der Waals surface area contributed by atoms with E-state index in [0.717, 1.165) is 18.9 Å². The van der Waals surface area contributed by atoms with E-state index in [-0.39, 0.29) is 34.6 Å². The number of nitrogens with zero attached hydrogens (tertiary/aromatic N) is 4. The van der Waals surface area contributed by atoms with Crippen LogP contribution in [0.5, 0.6) is 0 Å². The Morgan fingerprint density at radius 2 is 1.97 bits per heavy atom. The van der Waals surface area contributed by atoms with Gasteiger partial charge in [-0.2, -0.15) is 4.31 Å². The van der Waals surface area contributed by atoms with Crippen LogP contribution in [-0.2, 0) is 14.8 Å². The minimum Gasteiger partial charge on any atom is -0.360 e. The van der Waals surface area contributed by atoms with Gasteiger partial charge >= 0.3 is 0 Å². The van der Waals surface area contributed by atoms with Crippen molar-refractivity contribution in [3.05, 3.63) is 28.3 Å². The SMILES string of the molecule is CCN(CC)C(=O)CN(C)c1ccc(S(=O)(=O)N2CCCC(C)C2)cc1[N+](=O)[O-]. The lowest BCUT2D eigenvalue weighted by molar-refractivity contribution is -0.384. The van der Waals surface area contributed by atoms with Crippen molar-refractivity contribution in [1.82, 2.24) is 9.21 Å².